The molecule has 0 aliphatic carbocycles. The minimum absolute atomic E-state index is 0.164. The van der Waals surface area contributed by atoms with Crippen LogP contribution < -0.4 is 20.3 Å². The van der Waals surface area contributed by atoms with Gasteiger partial charge < -0.3 is 15.4 Å². The van der Waals surface area contributed by atoms with Crippen molar-refractivity contribution in [2.24, 2.45) is 0 Å². The Kier molecular flexibility index (Phi) is 5.98. The average Bonchev–Trinajstić information content (AvgIpc) is 3.36. The Balaban J connectivity index is 1.71. The van der Waals surface area contributed by atoms with Gasteiger partial charge in [-0.1, -0.05) is 17.7 Å². The van der Waals surface area contributed by atoms with Crippen LogP contribution in [0.4, 0.5) is 17.1 Å². The molecular weight excluding hydrogens is 450 g/mol. The predicted octanol–water partition coefficient (Wildman–Crippen LogP) is 4.77. The summed E-state index contributed by atoms with van der Waals surface area (Å²) in [6.07, 6.45) is 0. The molecule has 0 unspecified atom stereocenters. The van der Waals surface area contributed by atoms with Gasteiger partial charge in [-0.15, -0.1) is 11.3 Å². The molecule has 7 nitrogen and oxygen atoms in total. The van der Waals surface area contributed by atoms with E-state index >= 15 is 0 Å². The zero-order valence-electron chi connectivity index (χ0n) is 17.1. The molecule has 9 heteroatoms. The monoisotopic (exact) mass is 467 g/mol. The van der Waals surface area contributed by atoms with Gasteiger partial charge in [-0.3, -0.25) is 14.4 Å². The van der Waals surface area contributed by atoms with Crippen LogP contribution in [-0.4, -0.2) is 24.8 Å². The molecule has 0 fully saturated rings. The first-order chi connectivity index (χ1) is 15.4. The Bertz CT molecular complexity index is 1240. The van der Waals surface area contributed by atoms with Gasteiger partial charge in [0.2, 0.25) is 5.91 Å². The minimum Gasteiger partial charge on any atom is -0.495 e. The third-order valence-corrected chi connectivity index (χ3v) is 5.90. The van der Waals surface area contributed by atoms with Crippen molar-refractivity contribution < 1.29 is 19.1 Å². The molecule has 162 valence electrons. The van der Waals surface area contributed by atoms with Gasteiger partial charge in [0, 0.05) is 23.2 Å². The van der Waals surface area contributed by atoms with Crippen LogP contribution in [0, 0.1) is 0 Å². The van der Waals surface area contributed by atoms with E-state index in [9.17, 15) is 14.4 Å². The second kappa shape index (κ2) is 8.86. The molecule has 0 atom stereocenters. The van der Waals surface area contributed by atoms with E-state index in [0.717, 1.165) is 4.90 Å². The highest BCUT2D eigenvalue weighted by atomic mass is 35.5. The number of anilines is 3. The van der Waals surface area contributed by atoms with Crippen LogP contribution in [0.2, 0.25) is 5.02 Å². The molecule has 1 aliphatic rings. The minimum atomic E-state index is -0.495. The molecule has 32 heavy (non-hydrogen) atoms. The number of nitrogens with zero attached hydrogens (tertiary/aromatic N) is 1. The van der Waals surface area contributed by atoms with Crippen LogP contribution >= 0.6 is 22.9 Å². The summed E-state index contributed by atoms with van der Waals surface area (Å²) in [7, 11) is 1.49. The highest BCUT2D eigenvalue weighted by molar-refractivity contribution is 7.11. The van der Waals surface area contributed by atoms with E-state index in [1.165, 1.54) is 31.4 Å². The zero-order chi connectivity index (χ0) is 22.8. The van der Waals surface area contributed by atoms with Crippen molar-refractivity contribution in [2.45, 2.75) is 6.92 Å². The average molecular weight is 468 g/mol. The van der Waals surface area contributed by atoms with Gasteiger partial charge in [0.25, 0.3) is 11.8 Å². The molecule has 2 heterocycles. The number of methoxy groups -OCH3 is 1. The molecule has 0 saturated heterocycles. The summed E-state index contributed by atoms with van der Waals surface area (Å²) < 4.78 is 5.16. The SMILES string of the molecule is COc1ccc(N2C(=O)C(Nc3ccc(NC(C)=O)cc3)=C(c3cccs3)C2=O)cc1Cl. The molecule has 1 aliphatic heterocycles. The number of thiophene rings is 1. The van der Waals surface area contributed by atoms with Gasteiger partial charge in [0.05, 0.1) is 23.4 Å². The summed E-state index contributed by atoms with van der Waals surface area (Å²) in [5.74, 6) is -0.682. The molecule has 0 spiro atoms. The van der Waals surface area contributed by atoms with Crippen LogP contribution in [0.3, 0.4) is 0 Å². The first-order valence-electron chi connectivity index (χ1n) is 9.54. The number of carbonyl (C=O) groups is 3. The Morgan fingerprint density at radius 2 is 1.75 bits per heavy atom. The molecule has 4 rings (SSSR count). The lowest BCUT2D eigenvalue weighted by Gasteiger charge is -2.16. The summed E-state index contributed by atoms with van der Waals surface area (Å²) >= 11 is 7.59. The summed E-state index contributed by atoms with van der Waals surface area (Å²) in [5.41, 5.74) is 2.01. The fourth-order valence-corrected chi connectivity index (χ4v) is 4.33. The van der Waals surface area contributed by atoms with E-state index in [0.29, 0.717) is 32.7 Å². The topological polar surface area (TPSA) is 87.7 Å². The third kappa shape index (κ3) is 4.10. The second-order valence-corrected chi connectivity index (χ2v) is 8.23. The van der Waals surface area contributed by atoms with Gasteiger partial charge in [0.1, 0.15) is 11.4 Å². The van der Waals surface area contributed by atoms with Crippen LogP contribution in [0.1, 0.15) is 11.8 Å². The van der Waals surface area contributed by atoms with E-state index < -0.39 is 11.8 Å². The second-order valence-electron chi connectivity index (χ2n) is 6.88. The van der Waals surface area contributed by atoms with Gasteiger partial charge in [-0.2, -0.15) is 0 Å². The normalized spacial score (nSPS) is 13.5. The molecule has 3 aromatic rings. The van der Waals surface area contributed by atoms with E-state index in [-0.39, 0.29) is 17.2 Å². The summed E-state index contributed by atoms with van der Waals surface area (Å²) in [4.78, 5) is 39.7. The zero-order valence-corrected chi connectivity index (χ0v) is 18.7. The van der Waals surface area contributed by atoms with Crippen molar-refractivity contribution >= 4 is 63.3 Å². The van der Waals surface area contributed by atoms with Gasteiger partial charge in [0.15, 0.2) is 0 Å². The van der Waals surface area contributed by atoms with Crippen molar-refractivity contribution in [3.05, 3.63) is 75.6 Å². The Morgan fingerprint density at radius 3 is 2.34 bits per heavy atom. The third-order valence-electron chi connectivity index (χ3n) is 4.72. The molecular formula is C23H18ClN3O4S. The predicted molar refractivity (Wildman–Crippen MR) is 126 cm³/mol. The van der Waals surface area contributed by atoms with Crippen molar-refractivity contribution in [3.8, 4) is 5.75 Å². The molecule has 0 saturated carbocycles. The largest absolute Gasteiger partial charge is 0.495 e. The molecule has 2 N–H and O–H groups in total. The Labute approximate surface area is 193 Å². The maximum atomic E-state index is 13.4. The van der Waals surface area contributed by atoms with Crippen molar-refractivity contribution in [1.29, 1.82) is 0 Å². The fourth-order valence-electron chi connectivity index (χ4n) is 3.31. The quantitative estimate of drug-likeness (QED) is 0.510. The lowest BCUT2D eigenvalue weighted by atomic mass is 10.2. The highest BCUT2D eigenvalue weighted by Gasteiger charge is 2.40. The molecule has 1 aromatic heterocycles. The number of nitrogens with one attached hydrogen (secondary N) is 2. The summed E-state index contributed by atoms with van der Waals surface area (Å²) in [6.45, 7) is 1.42. The van der Waals surface area contributed by atoms with E-state index in [1.54, 1.807) is 42.5 Å². The number of benzene rings is 2. The molecule has 3 amide bonds. The summed E-state index contributed by atoms with van der Waals surface area (Å²) in [5, 5.41) is 7.90. The number of imide groups is 1. The number of rotatable bonds is 6. The van der Waals surface area contributed by atoms with Crippen LogP contribution in [0.15, 0.2) is 65.7 Å². The number of hydrogen-bond donors (Lipinski definition) is 2. The van der Waals surface area contributed by atoms with Crippen molar-refractivity contribution in [3.63, 3.8) is 0 Å². The standard InChI is InChI=1S/C23H18ClN3O4S/c1-13(28)25-14-5-7-15(8-6-14)26-21-20(19-4-3-11-32-19)22(29)27(23(21)30)16-9-10-18(31-2)17(24)12-16/h3-12,26H,1-2H3,(H,25,28). The first kappa shape index (κ1) is 21.6. The van der Waals surface area contributed by atoms with Gasteiger partial charge >= 0.3 is 0 Å². The number of ether oxygens (including phenoxy) is 1. The van der Waals surface area contributed by atoms with E-state index in [4.69, 9.17) is 16.3 Å². The van der Waals surface area contributed by atoms with Crippen LogP contribution in [-0.2, 0) is 14.4 Å². The van der Waals surface area contributed by atoms with Gasteiger partial charge in [-0.05, 0) is 53.9 Å². The van der Waals surface area contributed by atoms with Crippen molar-refractivity contribution in [1.82, 2.24) is 0 Å². The highest BCUT2D eigenvalue weighted by Crippen LogP contribution is 2.37. The summed E-state index contributed by atoms with van der Waals surface area (Å²) in [6, 6.07) is 15.2. The van der Waals surface area contributed by atoms with Crippen LogP contribution in [0.25, 0.3) is 5.57 Å². The van der Waals surface area contributed by atoms with E-state index in [1.807, 2.05) is 11.4 Å². The molecule has 2 aromatic carbocycles. The number of halogens is 1. The van der Waals surface area contributed by atoms with Crippen LogP contribution in [0.5, 0.6) is 5.75 Å². The lowest BCUT2D eigenvalue weighted by Crippen LogP contribution is -2.32. The maximum absolute atomic E-state index is 13.4. The maximum Gasteiger partial charge on any atom is 0.282 e. The number of amides is 3. The lowest BCUT2D eigenvalue weighted by molar-refractivity contribution is -0.120. The molecule has 0 bridgehead atoms. The number of carbonyl (C=O) groups excluding carboxylic acids is 3. The fraction of sp³-hybridized carbons (Fsp3) is 0.0870. The Hall–Kier alpha value is -3.62. The smallest absolute Gasteiger partial charge is 0.282 e. The molecule has 0 radical (unpaired) electrons. The first-order valence-corrected chi connectivity index (χ1v) is 10.8. The van der Waals surface area contributed by atoms with Gasteiger partial charge in [-0.25, -0.2) is 4.90 Å². The number of hydrogen-bond acceptors (Lipinski definition) is 6. The van der Waals surface area contributed by atoms with E-state index in [2.05, 4.69) is 10.6 Å². The Morgan fingerprint density at radius 1 is 1.03 bits per heavy atom. The van der Waals surface area contributed by atoms with Crippen molar-refractivity contribution in [2.75, 3.05) is 22.6 Å².